The molecule has 1 aliphatic rings. The largest absolute Gasteiger partial charge is 0.368 e. The molecule has 0 bridgehead atoms. The minimum atomic E-state index is -0.830. The molecule has 0 saturated heterocycles. The van der Waals surface area contributed by atoms with Crippen molar-refractivity contribution < 1.29 is 4.79 Å². The van der Waals surface area contributed by atoms with Gasteiger partial charge in [-0.05, 0) is 38.7 Å². The molecule has 2 rings (SSSR count). The fraction of sp³-hybridized carbons (Fsp3) is 0.667. The molecule has 1 aromatic rings. The summed E-state index contributed by atoms with van der Waals surface area (Å²) < 4.78 is 1.87. The molecule has 6 heteroatoms. The fourth-order valence-corrected chi connectivity index (χ4v) is 3.89. The van der Waals surface area contributed by atoms with Crippen molar-refractivity contribution in [1.29, 1.82) is 0 Å². The fourth-order valence-electron chi connectivity index (χ4n) is 2.45. The molecule has 1 saturated carbocycles. The number of hydrogen-bond donors (Lipinski definition) is 2. The van der Waals surface area contributed by atoms with E-state index < -0.39 is 5.54 Å². The highest BCUT2D eigenvalue weighted by Gasteiger charge is 2.38. The highest BCUT2D eigenvalue weighted by molar-refractivity contribution is 7.99. The Bertz CT molecular complexity index is 459. The van der Waals surface area contributed by atoms with E-state index in [0.717, 1.165) is 23.6 Å². The van der Waals surface area contributed by atoms with Gasteiger partial charge < -0.3 is 11.5 Å². The number of hydrogen-bond acceptors (Lipinski definition) is 4. The zero-order valence-corrected chi connectivity index (χ0v) is 11.7. The molecule has 0 radical (unpaired) electrons. The summed E-state index contributed by atoms with van der Waals surface area (Å²) in [6, 6.07) is 2.06. The number of carbonyl (C=O) groups is 1. The molecule has 100 valence electrons. The third-order valence-electron chi connectivity index (χ3n) is 3.48. The van der Waals surface area contributed by atoms with E-state index in [1.807, 2.05) is 18.7 Å². The van der Waals surface area contributed by atoms with Crippen molar-refractivity contribution in [3.8, 4) is 0 Å². The van der Waals surface area contributed by atoms with Crippen molar-refractivity contribution in [2.75, 3.05) is 0 Å². The molecule has 5 nitrogen and oxygen atoms in total. The van der Waals surface area contributed by atoms with Crippen molar-refractivity contribution in [3.63, 3.8) is 0 Å². The second kappa shape index (κ2) is 4.93. The molecular weight excluding hydrogens is 248 g/mol. The van der Waals surface area contributed by atoms with Crippen LogP contribution in [0.2, 0.25) is 0 Å². The quantitative estimate of drug-likeness (QED) is 0.854. The highest BCUT2D eigenvalue weighted by atomic mass is 32.2. The normalized spacial score (nSPS) is 28.3. The molecule has 2 unspecified atom stereocenters. The van der Waals surface area contributed by atoms with Gasteiger partial charge in [-0.15, -0.1) is 11.8 Å². The maximum Gasteiger partial charge on any atom is 0.237 e. The van der Waals surface area contributed by atoms with E-state index in [9.17, 15) is 4.79 Å². The Hall–Kier alpha value is -1.01. The Morgan fingerprint density at radius 1 is 1.67 bits per heavy atom. The summed E-state index contributed by atoms with van der Waals surface area (Å²) in [5, 5.41) is 5.78. The molecule has 0 spiro atoms. The standard InChI is InChI=1S/C12H20N4OS/c1-8-6-10(16(2)15-8)18-9-4-3-5-12(14,7-9)11(13)17/h6,9H,3-5,7,14H2,1-2H3,(H2,13,17). The van der Waals surface area contributed by atoms with Crippen molar-refractivity contribution in [1.82, 2.24) is 9.78 Å². The third kappa shape index (κ3) is 2.70. The number of nitrogens with zero attached hydrogens (tertiary/aromatic N) is 2. The van der Waals surface area contributed by atoms with Crippen molar-refractivity contribution in [2.24, 2.45) is 18.5 Å². The monoisotopic (exact) mass is 268 g/mol. The van der Waals surface area contributed by atoms with E-state index in [2.05, 4.69) is 11.2 Å². The van der Waals surface area contributed by atoms with Gasteiger partial charge in [0.1, 0.15) is 0 Å². The van der Waals surface area contributed by atoms with Crippen molar-refractivity contribution in [3.05, 3.63) is 11.8 Å². The predicted molar refractivity (Wildman–Crippen MR) is 72.2 cm³/mol. The Morgan fingerprint density at radius 2 is 2.39 bits per heavy atom. The van der Waals surface area contributed by atoms with E-state index in [1.54, 1.807) is 11.8 Å². The predicted octanol–water partition coefficient (Wildman–Crippen LogP) is 0.946. The first kappa shape index (κ1) is 13.4. The number of amides is 1. The minimum Gasteiger partial charge on any atom is -0.368 e. The Morgan fingerprint density at radius 3 is 2.94 bits per heavy atom. The minimum absolute atomic E-state index is 0.339. The summed E-state index contributed by atoms with van der Waals surface area (Å²) in [6.45, 7) is 1.97. The number of nitrogens with two attached hydrogens (primary N) is 2. The summed E-state index contributed by atoms with van der Waals surface area (Å²) in [7, 11) is 1.93. The van der Waals surface area contributed by atoms with E-state index >= 15 is 0 Å². The summed E-state index contributed by atoms with van der Waals surface area (Å²) in [5.41, 5.74) is 11.7. The number of aromatic nitrogens is 2. The molecule has 0 aliphatic heterocycles. The van der Waals surface area contributed by atoms with Crippen LogP contribution in [0.5, 0.6) is 0 Å². The lowest BCUT2D eigenvalue weighted by Gasteiger charge is -2.34. The van der Waals surface area contributed by atoms with Crippen LogP contribution in [0, 0.1) is 6.92 Å². The average molecular weight is 268 g/mol. The Balaban J connectivity index is 2.06. The second-order valence-electron chi connectivity index (χ2n) is 5.10. The molecule has 0 aromatic carbocycles. The van der Waals surface area contributed by atoms with Crippen LogP contribution in [-0.2, 0) is 11.8 Å². The lowest BCUT2D eigenvalue weighted by molar-refractivity contribution is -0.124. The topological polar surface area (TPSA) is 86.9 Å². The first-order valence-corrected chi connectivity index (χ1v) is 7.05. The summed E-state index contributed by atoms with van der Waals surface area (Å²) in [4.78, 5) is 11.4. The average Bonchev–Trinajstić information content (AvgIpc) is 2.57. The van der Waals surface area contributed by atoms with Gasteiger partial charge in [-0.3, -0.25) is 9.48 Å². The smallest absolute Gasteiger partial charge is 0.237 e. The molecule has 18 heavy (non-hydrogen) atoms. The number of rotatable bonds is 3. The summed E-state index contributed by atoms with van der Waals surface area (Å²) in [6.07, 6.45) is 3.37. The molecule has 1 amide bonds. The van der Waals surface area contributed by atoms with Crippen LogP contribution in [0.25, 0.3) is 0 Å². The van der Waals surface area contributed by atoms with Gasteiger partial charge in [0.05, 0.1) is 16.3 Å². The molecule has 1 fully saturated rings. The maximum atomic E-state index is 11.4. The van der Waals surface area contributed by atoms with Crippen LogP contribution in [0.15, 0.2) is 11.1 Å². The number of primary amides is 1. The molecule has 4 N–H and O–H groups in total. The van der Waals surface area contributed by atoms with Crippen LogP contribution in [0.3, 0.4) is 0 Å². The van der Waals surface area contributed by atoms with E-state index in [-0.39, 0.29) is 5.91 Å². The maximum absolute atomic E-state index is 11.4. The van der Waals surface area contributed by atoms with Gasteiger partial charge in [-0.1, -0.05) is 0 Å². The van der Waals surface area contributed by atoms with Crippen LogP contribution < -0.4 is 11.5 Å². The SMILES string of the molecule is Cc1cc(SC2CCCC(N)(C(N)=O)C2)n(C)n1. The van der Waals surface area contributed by atoms with Gasteiger partial charge >= 0.3 is 0 Å². The zero-order valence-electron chi connectivity index (χ0n) is 10.8. The second-order valence-corrected chi connectivity index (χ2v) is 6.42. The van der Waals surface area contributed by atoms with Gasteiger partial charge in [0, 0.05) is 12.3 Å². The highest BCUT2D eigenvalue weighted by Crippen LogP contribution is 2.37. The molecular formula is C12H20N4OS. The zero-order chi connectivity index (χ0) is 13.3. The molecule has 1 aromatic heterocycles. The third-order valence-corrected chi connectivity index (χ3v) is 4.84. The van der Waals surface area contributed by atoms with E-state index in [0.29, 0.717) is 18.1 Å². The van der Waals surface area contributed by atoms with Crippen molar-refractivity contribution >= 4 is 17.7 Å². The van der Waals surface area contributed by atoms with E-state index in [4.69, 9.17) is 11.5 Å². The van der Waals surface area contributed by atoms with Gasteiger partial charge in [0.25, 0.3) is 0 Å². The summed E-state index contributed by atoms with van der Waals surface area (Å²) >= 11 is 1.74. The molecule has 1 heterocycles. The number of thioether (sulfide) groups is 1. The van der Waals surface area contributed by atoms with Gasteiger partial charge in [0.15, 0.2) is 0 Å². The number of carbonyl (C=O) groups excluding carboxylic acids is 1. The van der Waals surface area contributed by atoms with Crippen LogP contribution in [0.1, 0.15) is 31.4 Å². The molecule has 1 aliphatic carbocycles. The lowest BCUT2D eigenvalue weighted by Crippen LogP contribution is -2.55. The van der Waals surface area contributed by atoms with Gasteiger partial charge in [-0.25, -0.2) is 0 Å². The van der Waals surface area contributed by atoms with Crippen LogP contribution in [0.4, 0.5) is 0 Å². The first-order chi connectivity index (χ1) is 8.40. The lowest BCUT2D eigenvalue weighted by atomic mass is 9.82. The summed E-state index contributed by atoms with van der Waals surface area (Å²) in [5.74, 6) is -0.381. The first-order valence-electron chi connectivity index (χ1n) is 6.17. The Kier molecular flexibility index (Phi) is 3.68. The van der Waals surface area contributed by atoms with Crippen LogP contribution in [-0.4, -0.2) is 26.5 Å². The number of aryl methyl sites for hydroxylation is 2. The Labute approximate surface area is 111 Å². The van der Waals surface area contributed by atoms with Crippen molar-refractivity contribution in [2.45, 2.75) is 48.4 Å². The van der Waals surface area contributed by atoms with Crippen LogP contribution >= 0.6 is 11.8 Å². The van der Waals surface area contributed by atoms with Gasteiger partial charge in [0.2, 0.25) is 5.91 Å². The molecule has 2 atom stereocenters. The van der Waals surface area contributed by atoms with E-state index in [1.165, 1.54) is 0 Å². The van der Waals surface area contributed by atoms with Gasteiger partial charge in [-0.2, -0.15) is 5.10 Å².